The van der Waals surface area contributed by atoms with E-state index in [-0.39, 0.29) is 0 Å². The van der Waals surface area contributed by atoms with Crippen molar-refractivity contribution < 1.29 is 0 Å². The Morgan fingerprint density at radius 1 is 1.50 bits per heavy atom. The highest BCUT2D eigenvalue weighted by molar-refractivity contribution is 7.99. The van der Waals surface area contributed by atoms with Gasteiger partial charge in [0.1, 0.15) is 0 Å². The van der Waals surface area contributed by atoms with Gasteiger partial charge in [-0.1, -0.05) is 11.6 Å². The SMILES string of the molecule is CC1CSCCN1Cc1cc(N)cc(Cl)c1. The first kappa shape index (κ1) is 12.1. The fourth-order valence-electron chi connectivity index (χ4n) is 2.00. The van der Waals surface area contributed by atoms with Gasteiger partial charge in [0.05, 0.1) is 0 Å². The number of hydrogen-bond donors (Lipinski definition) is 1. The molecule has 1 aromatic rings. The lowest BCUT2D eigenvalue weighted by Crippen LogP contribution is -2.39. The standard InChI is InChI=1S/C12H17ClN2S/c1-9-8-16-3-2-15(9)7-10-4-11(13)6-12(14)5-10/h4-6,9H,2-3,7-8,14H2,1H3. The van der Waals surface area contributed by atoms with Crippen LogP contribution in [0.2, 0.25) is 5.02 Å². The van der Waals surface area contributed by atoms with Crippen molar-refractivity contribution in [3.63, 3.8) is 0 Å². The zero-order chi connectivity index (χ0) is 11.5. The van der Waals surface area contributed by atoms with Crippen LogP contribution < -0.4 is 5.73 Å². The van der Waals surface area contributed by atoms with Crippen molar-refractivity contribution in [3.05, 3.63) is 28.8 Å². The van der Waals surface area contributed by atoms with Gasteiger partial charge in [-0.15, -0.1) is 0 Å². The maximum Gasteiger partial charge on any atom is 0.0429 e. The van der Waals surface area contributed by atoms with E-state index in [0.29, 0.717) is 6.04 Å². The van der Waals surface area contributed by atoms with Gasteiger partial charge in [-0.25, -0.2) is 0 Å². The molecule has 1 aliphatic rings. The maximum atomic E-state index is 6.00. The summed E-state index contributed by atoms with van der Waals surface area (Å²) < 4.78 is 0. The Bertz CT molecular complexity index is 350. The van der Waals surface area contributed by atoms with E-state index in [4.69, 9.17) is 17.3 Å². The summed E-state index contributed by atoms with van der Waals surface area (Å²) in [4.78, 5) is 2.49. The number of anilines is 1. The average Bonchev–Trinajstić information content (AvgIpc) is 2.20. The van der Waals surface area contributed by atoms with Gasteiger partial charge in [0.15, 0.2) is 0 Å². The van der Waals surface area contributed by atoms with Gasteiger partial charge in [0.25, 0.3) is 0 Å². The van der Waals surface area contributed by atoms with Gasteiger partial charge in [0.2, 0.25) is 0 Å². The molecule has 1 aliphatic heterocycles. The highest BCUT2D eigenvalue weighted by Gasteiger charge is 2.18. The first-order valence-electron chi connectivity index (χ1n) is 5.52. The molecule has 16 heavy (non-hydrogen) atoms. The predicted molar refractivity (Wildman–Crippen MR) is 73.1 cm³/mol. The summed E-state index contributed by atoms with van der Waals surface area (Å²) in [6.45, 7) is 4.38. The molecule has 88 valence electrons. The van der Waals surface area contributed by atoms with Gasteiger partial charge < -0.3 is 5.73 Å². The second-order valence-corrected chi connectivity index (χ2v) is 5.87. The minimum atomic E-state index is 0.638. The number of halogens is 1. The Hall–Kier alpha value is -0.380. The summed E-state index contributed by atoms with van der Waals surface area (Å²) in [7, 11) is 0. The molecule has 0 amide bonds. The van der Waals surface area contributed by atoms with Crippen molar-refractivity contribution in [3.8, 4) is 0 Å². The molecular weight excluding hydrogens is 240 g/mol. The molecule has 4 heteroatoms. The van der Waals surface area contributed by atoms with Crippen LogP contribution in [0.4, 0.5) is 5.69 Å². The number of nitrogens with zero attached hydrogens (tertiary/aromatic N) is 1. The van der Waals surface area contributed by atoms with Gasteiger partial charge in [0, 0.05) is 41.3 Å². The summed E-state index contributed by atoms with van der Waals surface area (Å²) >= 11 is 8.03. The molecule has 0 aromatic heterocycles. The molecule has 1 aromatic carbocycles. The van der Waals surface area contributed by atoms with Crippen molar-refractivity contribution in [1.29, 1.82) is 0 Å². The lowest BCUT2D eigenvalue weighted by molar-refractivity contribution is 0.224. The van der Waals surface area contributed by atoms with Gasteiger partial charge in [-0.2, -0.15) is 11.8 Å². The quantitative estimate of drug-likeness (QED) is 0.825. The van der Waals surface area contributed by atoms with E-state index >= 15 is 0 Å². The first-order valence-corrected chi connectivity index (χ1v) is 7.05. The Kier molecular flexibility index (Phi) is 4.00. The van der Waals surface area contributed by atoms with E-state index in [1.165, 1.54) is 17.1 Å². The average molecular weight is 257 g/mol. The van der Waals surface area contributed by atoms with Crippen LogP contribution in [0.3, 0.4) is 0 Å². The molecule has 0 spiro atoms. The summed E-state index contributed by atoms with van der Waals surface area (Å²) in [5.74, 6) is 2.44. The van der Waals surface area contributed by atoms with E-state index in [9.17, 15) is 0 Å². The van der Waals surface area contributed by atoms with Crippen LogP contribution in [0.15, 0.2) is 18.2 Å². The van der Waals surface area contributed by atoms with Gasteiger partial charge in [-0.05, 0) is 30.7 Å². The van der Waals surface area contributed by atoms with Crippen LogP contribution in [0.25, 0.3) is 0 Å². The topological polar surface area (TPSA) is 29.3 Å². The molecule has 0 radical (unpaired) electrons. The van der Waals surface area contributed by atoms with E-state index in [1.54, 1.807) is 6.07 Å². The smallest absolute Gasteiger partial charge is 0.0429 e. The number of nitrogens with two attached hydrogens (primary N) is 1. The van der Waals surface area contributed by atoms with Crippen LogP contribution in [0, 0.1) is 0 Å². The molecule has 1 saturated heterocycles. The normalized spacial score (nSPS) is 22.2. The van der Waals surface area contributed by atoms with E-state index in [2.05, 4.69) is 11.8 Å². The molecule has 0 saturated carbocycles. The molecular formula is C12H17ClN2S. The molecule has 1 fully saturated rings. The van der Waals surface area contributed by atoms with Crippen LogP contribution >= 0.6 is 23.4 Å². The second kappa shape index (κ2) is 5.30. The Morgan fingerprint density at radius 3 is 3.00 bits per heavy atom. The number of hydrogen-bond acceptors (Lipinski definition) is 3. The summed E-state index contributed by atoms with van der Waals surface area (Å²) in [6.07, 6.45) is 0. The summed E-state index contributed by atoms with van der Waals surface area (Å²) in [5.41, 5.74) is 7.76. The maximum absolute atomic E-state index is 6.00. The fourth-order valence-corrected chi connectivity index (χ4v) is 3.35. The Balaban J connectivity index is 2.07. The summed E-state index contributed by atoms with van der Waals surface area (Å²) in [6, 6.07) is 6.45. The first-order chi connectivity index (χ1) is 7.65. The number of nitrogen functional groups attached to an aromatic ring is 1. The molecule has 2 rings (SSSR count). The van der Waals surface area contributed by atoms with Crippen LogP contribution in [-0.4, -0.2) is 29.0 Å². The van der Waals surface area contributed by atoms with E-state index in [0.717, 1.165) is 23.8 Å². The third kappa shape index (κ3) is 3.06. The monoisotopic (exact) mass is 256 g/mol. The fraction of sp³-hybridized carbons (Fsp3) is 0.500. The number of rotatable bonds is 2. The highest BCUT2D eigenvalue weighted by Crippen LogP contribution is 2.22. The molecule has 2 nitrogen and oxygen atoms in total. The zero-order valence-electron chi connectivity index (χ0n) is 9.45. The molecule has 2 N–H and O–H groups in total. The van der Waals surface area contributed by atoms with E-state index < -0.39 is 0 Å². The van der Waals surface area contributed by atoms with Crippen LogP contribution in [0.5, 0.6) is 0 Å². The Morgan fingerprint density at radius 2 is 2.31 bits per heavy atom. The number of benzene rings is 1. The highest BCUT2D eigenvalue weighted by atomic mass is 35.5. The Labute approximate surface area is 106 Å². The van der Waals surface area contributed by atoms with Crippen molar-refractivity contribution >= 4 is 29.1 Å². The van der Waals surface area contributed by atoms with E-state index in [1.807, 2.05) is 23.9 Å². The minimum Gasteiger partial charge on any atom is -0.399 e. The zero-order valence-corrected chi connectivity index (χ0v) is 11.0. The minimum absolute atomic E-state index is 0.638. The molecule has 1 heterocycles. The number of thioether (sulfide) groups is 1. The summed E-state index contributed by atoms with van der Waals surface area (Å²) in [5, 5.41) is 0.731. The lowest BCUT2D eigenvalue weighted by Gasteiger charge is -2.33. The molecule has 0 aliphatic carbocycles. The van der Waals surface area contributed by atoms with Crippen LogP contribution in [0.1, 0.15) is 12.5 Å². The van der Waals surface area contributed by atoms with Crippen molar-refractivity contribution in [1.82, 2.24) is 4.90 Å². The van der Waals surface area contributed by atoms with Crippen molar-refractivity contribution in [2.24, 2.45) is 0 Å². The van der Waals surface area contributed by atoms with Crippen molar-refractivity contribution in [2.75, 3.05) is 23.8 Å². The van der Waals surface area contributed by atoms with Gasteiger partial charge >= 0.3 is 0 Å². The van der Waals surface area contributed by atoms with Gasteiger partial charge in [-0.3, -0.25) is 4.90 Å². The molecule has 1 atom stereocenters. The second-order valence-electron chi connectivity index (χ2n) is 4.29. The largest absolute Gasteiger partial charge is 0.399 e. The third-order valence-electron chi connectivity index (χ3n) is 2.87. The molecule has 0 bridgehead atoms. The lowest BCUT2D eigenvalue weighted by atomic mass is 10.1. The molecule has 1 unspecified atom stereocenters. The van der Waals surface area contributed by atoms with Crippen molar-refractivity contribution in [2.45, 2.75) is 19.5 Å². The predicted octanol–water partition coefficient (Wildman–Crippen LogP) is 2.86. The van der Waals surface area contributed by atoms with Crippen LogP contribution in [-0.2, 0) is 6.54 Å². The third-order valence-corrected chi connectivity index (χ3v) is 4.28.